The summed E-state index contributed by atoms with van der Waals surface area (Å²) < 4.78 is 0. The predicted molar refractivity (Wildman–Crippen MR) is 82.6 cm³/mol. The largest absolute Gasteiger partial charge is 0.399 e. The van der Waals surface area contributed by atoms with E-state index in [-0.39, 0.29) is 31.6 Å². The lowest BCUT2D eigenvalue weighted by molar-refractivity contribution is -0.124. The second-order valence-electron chi connectivity index (χ2n) is 5.14. The van der Waals surface area contributed by atoms with Gasteiger partial charge in [-0.25, -0.2) is 4.79 Å². The van der Waals surface area contributed by atoms with Crippen LogP contribution in [0.15, 0.2) is 5.16 Å². The van der Waals surface area contributed by atoms with Gasteiger partial charge in [-0.2, -0.15) is 0 Å². The number of hydrogen-bond donors (Lipinski definition) is 3. The highest BCUT2D eigenvalue weighted by Gasteiger charge is 2.37. The van der Waals surface area contributed by atoms with Crippen LogP contribution in [0, 0.1) is 0 Å². The van der Waals surface area contributed by atoms with Crippen molar-refractivity contribution in [3.05, 3.63) is 0 Å². The van der Waals surface area contributed by atoms with Crippen LogP contribution < -0.4 is 10.6 Å². The number of aliphatic hydroxyl groups is 1. The average molecular weight is 314 g/mol. The summed E-state index contributed by atoms with van der Waals surface area (Å²) in [5, 5.41) is 18.0. The van der Waals surface area contributed by atoms with E-state index < -0.39 is 6.04 Å². The van der Waals surface area contributed by atoms with Crippen molar-refractivity contribution in [2.45, 2.75) is 38.6 Å². The highest BCUT2D eigenvalue weighted by Crippen LogP contribution is 2.16. The summed E-state index contributed by atoms with van der Waals surface area (Å²) in [6, 6.07) is -0.895. The molecule has 0 radical (unpaired) electrons. The Morgan fingerprint density at radius 1 is 1.36 bits per heavy atom. The number of urea groups is 1. The van der Waals surface area contributed by atoms with Crippen LogP contribution in [-0.4, -0.2) is 67.0 Å². The first-order valence-electron chi connectivity index (χ1n) is 7.66. The Labute approximate surface area is 130 Å². The molecule has 126 valence electrons. The minimum Gasteiger partial charge on any atom is -0.399 e. The van der Waals surface area contributed by atoms with E-state index in [0.29, 0.717) is 18.7 Å². The van der Waals surface area contributed by atoms with Gasteiger partial charge in [-0.15, -0.1) is 0 Å². The van der Waals surface area contributed by atoms with E-state index in [0.717, 1.165) is 19.3 Å². The van der Waals surface area contributed by atoms with Gasteiger partial charge in [0.05, 0.1) is 18.9 Å². The Hall–Kier alpha value is -1.83. The van der Waals surface area contributed by atoms with Gasteiger partial charge in [-0.1, -0.05) is 24.9 Å². The monoisotopic (exact) mass is 314 g/mol. The highest BCUT2D eigenvalue weighted by molar-refractivity contribution is 6.00. The molecule has 1 atom stereocenters. The molecule has 0 aromatic heterocycles. The summed E-state index contributed by atoms with van der Waals surface area (Å²) >= 11 is 0. The van der Waals surface area contributed by atoms with Gasteiger partial charge in [0.25, 0.3) is 0 Å². The number of rotatable bonds is 8. The lowest BCUT2D eigenvalue weighted by atomic mass is 10.2. The van der Waals surface area contributed by atoms with E-state index in [2.05, 4.69) is 22.7 Å². The molecule has 3 N–H and O–H groups in total. The van der Waals surface area contributed by atoms with E-state index in [4.69, 9.17) is 9.94 Å². The third kappa shape index (κ3) is 5.51. The Balaban J connectivity index is 2.63. The molecule has 1 rings (SSSR count). The van der Waals surface area contributed by atoms with Crippen LogP contribution in [0.2, 0.25) is 0 Å². The number of aliphatic hydroxyl groups excluding tert-OH is 1. The van der Waals surface area contributed by atoms with Crippen LogP contribution >= 0.6 is 0 Å². The van der Waals surface area contributed by atoms with Gasteiger partial charge in [0.1, 0.15) is 13.2 Å². The number of hydrogen-bond acceptors (Lipinski definition) is 5. The summed E-state index contributed by atoms with van der Waals surface area (Å²) in [5.74, 6) is -0.293. The van der Waals surface area contributed by atoms with Gasteiger partial charge in [-0.3, -0.25) is 4.79 Å². The minimum absolute atomic E-state index is 0.138. The summed E-state index contributed by atoms with van der Waals surface area (Å²) in [7, 11) is 1.43. The number of nitrogens with zero attached hydrogens (tertiary/aromatic N) is 2. The maximum atomic E-state index is 12.2. The second kappa shape index (κ2) is 9.99. The summed E-state index contributed by atoms with van der Waals surface area (Å²) in [5.41, 5.74) is 0.648. The normalized spacial score (nSPS) is 19.3. The fraction of sp³-hybridized carbons (Fsp3) is 0.786. The van der Waals surface area contributed by atoms with Crippen LogP contribution in [0.25, 0.3) is 0 Å². The van der Waals surface area contributed by atoms with Crippen molar-refractivity contribution in [3.63, 3.8) is 0 Å². The number of likely N-dealkylation sites (tertiary alicyclic amines) is 1. The summed E-state index contributed by atoms with van der Waals surface area (Å²) in [6.07, 6.45) is 3.39. The van der Waals surface area contributed by atoms with Crippen LogP contribution in [0.1, 0.15) is 32.6 Å². The smallest absolute Gasteiger partial charge is 0.318 e. The Kier molecular flexibility index (Phi) is 8.27. The van der Waals surface area contributed by atoms with Crippen LogP contribution in [-0.2, 0) is 9.63 Å². The average Bonchev–Trinajstić information content (AvgIpc) is 2.93. The number of nitrogens with one attached hydrogen (secondary N) is 2. The van der Waals surface area contributed by atoms with Gasteiger partial charge in [0, 0.05) is 19.5 Å². The van der Waals surface area contributed by atoms with Gasteiger partial charge in [0.15, 0.2) is 0 Å². The molecule has 1 unspecified atom stereocenters. The molecule has 1 fully saturated rings. The van der Waals surface area contributed by atoms with Crippen molar-refractivity contribution in [2.24, 2.45) is 5.16 Å². The topological polar surface area (TPSA) is 103 Å². The quantitative estimate of drug-likeness (QED) is 0.436. The summed E-state index contributed by atoms with van der Waals surface area (Å²) in [4.78, 5) is 30.5. The number of carbonyl (C=O) groups excluding carboxylic acids is 2. The first kappa shape index (κ1) is 18.2. The second-order valence-corrected chi connectivity index (χ2v) is 5.14. The third-order valence-electron chi connectivity index (χ3n) is 3.41. The molecule has 0 bridgehead atoms. The number of oxime groups is 1. The van der Waals surface area contributed by atoms with E-state index in [1.165, 1.54) is 12.0 Å². The van der Waals surface area contributed by atoms with E-state index in [9.17, 15) is 9.59 Å². The maximum absolute atomic E-state index is 12.2. The van der Waals surface area contributed by atoms with E-state index in [1.54, 1.807) is 0 Å². The van der Waals surface area contributed by atoms with Gasteiger partial charge >= 0.3 is 6.03 Å². The molecule has 0 saturated carbocycles. The minimum atomic E-state index is -0.619. The molecule has 1 aliphatic heterocycles. The van der Waals surface area contributed by atoms with Crippen molar-refractivity contribution < 1.29 is 19.5 Å². The Morgan fingerprint density at radius 2 is 2.14 bits per heavy atom. The molecule has 1 saturated heterocycles. The standard InChI is InChI=1S/C14H26N4O4/c1-3-4-5-6-16-14(21)18-10-11(17-22-2)9-12(18)13(20)15-7-8-19/h12,19H,3-10H2,1-2H3,(H,15,20)(H,16,21)/b17-11-. The molecule has 1 aliphatic rings. The molecule has 8 heteroatoms. The first-order chi connectivity index (χ1) is 10.6. The van der Waals surface area contributed by atoms with Crippen molar-refractivity contribution in [1.82, 2.24) is 15.5 Å². The van der Waals surface area contributed by atoms with Gasteiger partial charge in [-0.05, 0) is 6.42 Å². The molecule has 0 aromatic rings. The Morgan fingerprint density at radius 3 is 2.77 bits per heavy atom. The Bertz CT molecular complexity index is 400. The highest BCUT2D eigenvalue weighted by atomic mass is 16.6. The zero-order chi connectivity index (χ0) is 16.4. The van der Waals surface area contributed by atoms with Gasteiger partial charge in [0.2, 0.25) is 5.91 Å². The predicted octanol–water partition coefficient (Wildman–Crippen LogP) is 0.0714. The summed E-state index contributed by atoms with van der Waals surface area (Å²) in [6.45, 7) is 2.98. The maximum Gasteiger partial charge on any atom is 0.318 e. The molecule has 22 heavy (non-hydrogen) atoms. The fourth-order valence-corrected chi connectivity index (χ4v) is 2.32. The molecule has 8 nitrogen and oxygen atoms in total. The zero-order valence-corrected chi connectivity index (χ0v) is 13.3. The molecular formula is C14H26N4O4. The number of unbranched alkanes of at least 4 members (excludes halogenated alkanes) is 2. The SMILES string of the molecule is CCCCCNC(=O)N1C/C(=N\OC)CC1C(=O)NCCO. The number of amides is 3. The molecule has 1 heterocycles. The van der Waals surface area contributed by atoms with Crippen LogP contribution in [0.5, 0.6) is 0 Å². The molecule has 0 spiro atoms. The van der Waals surface area contributed by atoms with E-state index >= 15 is 0 Å². The van der Waals surface area contributed by atoms with Crippen LogP contribution in [0.4, 0.5) is 4.79 Å². The molecule has 3 amide bonds. The first-order valence-corrected chi connectivity index (χ1v) is 7.66. The third-order valence-corrected chi connectivity index (χ3v) is 3.41. The van der Waals surface area contributed by atoms with E-state index in [1.807, 2.05) is 0 Å². The lowest BCUT2D eigenvalue weighted by Crippen LogP contribution is -2.50. The van der Waals surface area contributed by atoms with Crippen LogP contribution in [0.3, 0.4) is 0 Å². The van der Waals surface area contributed by atoms with Crippen molar-refractivity contribution in [2.75, 3.05) is 33.4 Å². The molecule has 0 aliphatic carbocycles. The molecule has 0 aromatic carbocycles. The van der Waals surface area contributed by atoms with Crippen molar-refractivity contribution >= 4 is 17.6 Å². The molecular weight excluding hydrogens is 288 g/mol. The zero-order valence-electron chi connectivity index (χ0n) is 13.3. The van der Waals surface area contributed by atoms with Crippen molar-refractivity contribution in [3.8, 4) is 0 Å². The number of carbonyl (C=O) groups is 2. The fourth-order valence-electron chi connectivity index (χ4n) is 2.32. The van der Waals surface area contributed by atoms with Gasteiger partial charge < -0.3 is 25.5 Å². The van der Waals surface area contributed by atoms with Crippen molar-refractivity contribution in [1.29, 1.82) is 0 Å². The lowest BCUT2D eigenvalue weighted by Gasteiger charge is -2.23.